The van der Waals surface area contributed by atoms with Crippen molar-refractivity contribution in [3.63, 3.8) is 0 Å². The second-order valence-electron chi connectivity index (χ2n) is 6.69. The van der Waals surface area contributed by atoms with Gasteiger partial charge >= 0.3 is 5.97 Å². The molecule has 25 heavy (non-hydrogen) atoms. The molecule has 0 bridgehead atoms. The molecule has 1 saturated heterocycles. The predicted molar refractivity (Wildman–Crippen MR) is 95.2 cm³/mol. The summed E-state index contributed by atoms with van der Waals surface area (Å²) < 4.78 is 5.10. The Morgan fingerprint density at radius 2 is 1.76 bits per heavy atom. The molecular formula is C20H23NO4. The van der Waals surface area contributed by atoms with Gasteiger partial charge in [0.05, 0.1) is 13.5 Å². The Morgan fingerprint density at radius 1 is 1.16 bits per heavy atom. The quantitative estimate of drug-likeness (QED) is 0.660. The number of rotatable bonds is 5. The van der Waals surface area contributed by atoms with Crippen molar-refractivity contribution in [2.75, 3.05) is 20.2 Å². The molecule has 1 aliphatic heterocycles. The fraction of sp³-hybridized carbons (Fsp3) is 0.400. The normalized spacial score (nSPS) is 22.6. The first kappa shape index (κ1) is 17.3. The van der Waals surface area contributed by atoms with Crippen LogP contribution in [0.1, 0.15) is 24.8 Å². The molecule has 5 heteroatoms. The molecule has 1 N–H and O–H groups in total. The van der Waals surface area contributed by atoms with Crippen LogP contribution in [-0.2, 0) is 9.59 Å². The molecular weight excluding hydrogens is 318 g/mol. The third-order valence-corrected chi connectivity index (χ3v) is 5.05. The summed E-state index contributed by atoms with van der Waals surface area (Å²) in [5.41, 5.74) is 0.855. The number of hydrogen-bond donors (Lipinski definition) is 1. The van der Waals surface area contributed by atoms with Crippen molar-refractivity contribution in [1.29, 1.82) is 0 Å². The number of carbonyl (C=O) groups excluding carboxylic acids is 1. The standard InChI is InChI=1S/C20H23NO4/c1-25-18-8-6-14(7-9-18)10-17(20(23)24)11-19(22)21-12-15-4-2-3-5-16(15)13-21/h2-3,6-10,15-16H,4-5,11-13H2,1H3,(H,23,24)/b17-10-. The van der Waals surface area contributed by atoms with Gasteiger partial charge in [-0.2, -0.15) is 0 Å². The molecule has 1 aliphatic carbocycles. The van der Waals surface area contributed by atoms with Gasteiger partial charge in [0.25, 0.3) is 0 Å². The van der Waals surface area contributed by atoms with E-state index in [1.165, 1.54) is 0 Å². The second-order valence-corrected chi connectivity index (χ2v) is 6.69. The SMILES string of the molecule is COc1ccc(/C=C(/CC(=O)N2CC3CC=CCC3C2)C(=O)O)cc1. The highest BCUT2D eigenvalue weighted by atomic mass is 16.5. The number of hydrogen-bond acceptors (Lipinski definition) is 3. The molecule has 1 aromatic rings. The molecule has 2 aliphatic rings. The van der Waals surface area contributed by atoms with Crippen LogP contribution in [0.3, 0.4) is 0 Å². The molecule has 1 heterocycles. The number of ether oxygens (including phenoxy) is 1. The number of methoxy groups -OCH3 is 1. The number of nitrogens with zero attached hydrogens (tertiary/aromatic N) is 1. The molecule has 1 amide bonds. The number of amides is 1. The van der Waals surface area contributed by atoms with Gasteiger partial charge in [0.1, 0.15) is 5.75 Å². The van der Waals surface area contributed by atoms with Crippen LogP contribution in [0.25, 0.3) is 6.08 Å². The predicted octanol–water partition coefficient (Wildman–Crippen LogP) is 2.98. The number of likely N-dealkylation sites (tertiary alicyclic amines) is 1. The number of benzene rings is 1. The zero-order chi connectivity index (χ0) is 17.8. The van der Waals surface area contributed by atoms with E-state index in [4.69, 9.17) is 4.74 Å². The fourth-order valence-electron chi connectivity index (χ4n) is 3.58. The van der Waals surface area contributed by atoms with Gasteiger partial charge in [-0.05, 0) is 48.4 Å². The Kier molecular flexibility index (Phi) is 5.22. The molecule has 1 aromatic carbocycles. The smallest absolute Gasteiger partial charge is 0.332 e. The summed E-state index contributed by atoms with van der Waals surface area (Å²) in [7, 11) is 1.58. The lowest BCUT2D eigenvalue weighted by molar-refractivity contribution is -0.136. The molecule has 0 spiro atoms. The lowest BCUT2D eigenvalue weighted by Gasteiger charge is -2.17. The van der Waals surface area contributed by atoms with E-state index in [1.54, 1.807) is 37.5 Å². The van der Waals surface area contributed by atoms with Gasteiger partial charge in [0.2, 0.25) is 5.91 Å². The van der Waals surface area contributed by atoms with Crippen molar-refractivity contribution >= 4 is 18.0 Å². The van der Waals surface area contributed by atoms with Crippen LogP contribution in [0.4, 0.5) is 0 Å². The van der Waals surface area contributed by atoms with Gasteiger partial charge in [0, 0.05) is 18.7 Å². The van der Waals surface area contributed by atoms with Gasteiger partial charge in [-0.3, -0.25) is 4.79 Å². The van der Waals surface area contributed by atoms with Gasteiger partial charge < -0.3 is 14.7 Å². The highest BCUT2D eigenvalue weighted by Crippen LogP contribution is 2.33. The monoisotopic (exact) mass is 341 g/mol. The minimum atomic E-state index is -1.05. The fourth-order valence-corrected chi connectivity index (χ4v) is 3.58. The van der Waals surface area contributed by atoms with Gasteiger partial charge in [-0.1, -0.05) is 24.3 Å². The molecule has 2 unspecified atom stereocenters. The average Bonchev–Trinajstić information content (AvgIpc) is 3.06. The summed E-state index contributed by atoms with van der Waals surface area (Å²) in [5, 5.41) is 9.46. The minimum absolute atomic E-state index is 0.0752. The average molecular weight is 341 g/mol. The van der Waals surface area contributed by atoms with E-state index in [2.05, 4.69) is 12.2 Å². The van der Waals surface area contributed by atoms with Gasteiger partial charge in [0.15, 0.2) is 0 Å². The van der Waals surface area contributed by atoms with Crippen LogP contribution >= 0.6 is 0 Å². The molecule has 1 fully saturated rings. The largest absolute Gasteiger partial charge is 0.497 e. The third-order valence-electron chi connectivity index (χ3n) is 5.05. The molecule has 0 aromatic heterocycles. The molecule has 0 radical (unpaired) electrons. The maximum atomic E-state index is 12.6. The van der Waals surface area contributed by atoms with Gasteiger partial charge in [-0.25, -0.2) is 4.79 Å². The number of carbonyl (C=O) groups is 2. The number of fused-ring (bicyclic) bond motifs is 1. The van der Waals surface area contributed by atoms with Crippen LogP contribution in [-0.4, -0.2) is 42.1 Å². The molecule has 5 nitrogen and oxygen atoms in total. The van der Waals surface area contributed by atoms with E-state index < -0.39 is 5.97 Å². The lowest BCUT2D eigenvalue weighted by Crippen LogP contribution is -2.29. The van der Waals surface area contributed by atoms with Crippen LogP contribution in [0.2, 0.25) is 0 Å². The summed E-state index contributed by atoms with van der Waals surface area (Å²) in [4.78, 5) is 26.0. The summed E-state index contributed by atoms with van der Waals surface area (Å²) in [6, 6.07) is 7.10. The second kappa shape index (κ2) is 7.55. The van der Waals surface area contributed by atoms with Crippen molar-refractivity contribution < 1.29 is 19.4 Å². The van der Waals surface area contributed by atoms with Crippen LogP contribution in [0, 0.1) is 11.8 Å². The summed E-state index contributed by atoms with van der Waals surface area (Å²) in [6.07, 6.45) is 7.88. The van der Waals surface area contributed by atoms with E-state index in [0.717, 1.165) is 31.5 Å². The molecule has 132 valence electrons. The molecule has 0 saturated carbocycles. The minimum Gasteiger partial charge on any atom is -0.497 e. The van der Waals surface area contributed by atoms with Crippen molar-refractivity contribution in [3.8, 4) is 5.75 Å². The third kappa shape index (κ3) is 4.10. The number of carboxylic acid groups (broad SMARTS) is 1. The Morgan fingerprint density at radius 3 is 2.28 bits per heavy atom. The Hall–Kier alpha value is -2.56. The van der Waals surface area contributed by atoms with Crippen molar-refractivity contribution in [3.05, 3.63) is 47.6 Å². The van der Waals surface area contributed by atoms with E-state index in [-0.39, 0.29) is 17.9 Å². The van der Waals surface area contributed by atoms with Crippen LogP contribution in [0.15, 0.2) is 42.0 Å². The Balaban J connectivity index is 1.68. The molecule has 2 atom stereocenters. The first-order valence-corrected chi connectivity index (χ1v) is 8.57. The van der Waals surface area contributed by atoms with Gasteiger partial charge in [-0.15, -0.1) is 0 Å². The zero-order valence-electron chi connectivity index (χ0n) is 14.4. The van der Waals surface area contributed by atoms with E-state index in [0.29, 0.717) is 17.6 Å². The first-order chi connectivity index (χ1) is 12.1. The summed E-state index contributed by atoms with van der Waals surface area (Å²) in [6.45, 7) is 1.48. The summed E-state index contributed by atoms with van der Waals surface area (Å²) >= 11 is 0. The highest BCUT2D eigenvalue weighted by Gasteiger charge is 2.35. The zero-order valence-corrected chi connectivity index (χ0v) is 14.4. The van der Waals surface area contributed by atoms with Crippen molar-refractivity contribution in [2.45, 2.75) is 19.3 Å². The number of aliphatic carboxylic acids is 1. The maximum Gasteiger partial charge on any atom is 0.332 e. The Bertz CT molecular complexity index is 689. The van der Waals surface area contributed by atoms with Crippen LogP contribution < -0.4 is 4.74 Å². The maximum absolute atomic E-state index is 12.6. The van der Waals surface area contributed by atoms with E-state index >= 15 is 0 Å². The first-order valence-electron chi connectivity index (χ1n) is 8.57. The summed E-state index contributed by atoms with van der Waals surface area (Å²) in [5.74, 6) is 0.595. The topological polar surface area (TPSA) is 66.8 Å². The molecule has 3 rings (SSSR count). The number of carboxylic acids is 1. The van der Waals surface area contributed by atoms with Crippen LogP contribution in [0.5, 0.6) is 5.75 Å². The van der Waals surface area contributed by atoms with E-state index in [9.17, 15) is 14.7 Å². The van der Waals surface area contributed by atoms with E-state index in [1.807, 2.05) is 4.90 Å². The Labute approximate surface area is 147 Å². The number of allylic oxidation sites excluding steroid dienone is 2. The van der Waals surface area contributed by atoms with Crippen molar-refractivity contribution in [2.24, 2.45) is 11.8 Å². The lowest BCUT2D eigenvalue weighted by atomic mass is 9.86. The van der Waals surface area contributed by atoms with Crippen molar-refractivity contribution in [1.82, 2.24) is 4.90 Å². The highest BCUT2D eigenvalue weighted by molar-refractivity contribution is 5.98.